The standard InChI is InChI=1S/C10H17BCl2O2/c1-9(2)10(3,4)15-11(14-9)8(13)6-5-7-12/h5-6,8H,7H2,1-4H3/t8-/m1/s1. The van der Waals surface area contributed by atoms with Crippen molar-refractivity contribution in [3.63, 3.8) is 0 Å². The number of halogens is 2. The summed E-state index contributed by atoms with van der Waals surface area (Å²) in [6.45, 7) is 8.01. The number of allylic oxidation sites excluding steroid dienone is 2. The first kappa shape index (κ1) is 13.4. The molecular weight excluding hydrogens is 234 g/mol. The maximum Gasteiger partial charge on any atom is 0.481 e. The number of rotatable bonds is 3. The zero-order chi connectivity index (χ0) is 11.7. The van der Waals surface area contributed by atoms with Crippen LogP contribution in [0.25, 0.3) is 0 Å². The second-order valence-corrected chi connectivity index (χ2v) is 5.46. The van der Waals surface area contributed by atoms with Gasteiger partial charge < -0.3 is 9.31 Å². The van der Waals surface area contributed by atoms with Crippen LogP contribution >= 0.6 is 23.2 Å². The van der Waals surface area contributed by atoms with E-state index in [9.17, 15) is 0 Å². The molecule has 0 aliphatic carbocycles. The summed E-state index contributed by atoms with van der Waals surface area (Å²) in [7, 11) is -0.406. The van der Waals surface area contributed by atoms with E-state index in [1.165, 1.54) is 0 Å². The van der Waals surface area contributed by atoms with Gasteiger partial charge in [0.25, 0.3) is 0 Å². The predicted octanol–water partition coefficient (Wildman–Crippen LogP) is 3.02. The van der Waals surface area contributed by atoms with Gasteiger partial charge in [0.05, 0.1) is 16.5 Å². The fraction of sp³-hybridized carbons (Fsp3) is 0.800. The largest absolute Gasteiger partial charge is 0.481 e. The fourth-order valence-corrected chi connectivity index (χ4v) is 1.60. The summed E-state index contributed by atoms with van der Waals surface area (Å²) >= 11 is 11.7. The number of hydrogen-bond donors (Lipinski definition) is 0. The Bertz CT molecular complexity index is 238. The summed E-state index contributed by atoms with van der Waals surface area (Å²) in [5, 5.41) is -0.301. The second kappa shape index (κ2) is 4.66. The molecule has 1 fully saturated rings. The molecule has 1 rings (SSSR count). The van der Waals surface area contributed by atoms with Crippen molar-refractivity contribution >= 4 is 30.3 Å². The number of hydrogen-bond acceptors (Lipinski definition) is 2. The van der Waals surface area contributed by atoms with Gasteiger partial charge in [-0.3, -0.25) is 0 Å². The molecule has 0 aromatic carbocycles. The van der Waals surface area contributed by atoms with E-state index >= 15 is 0 Å². The molecule has 0 unspecified atom stereocenters. The van der Waals surface area contributed by atoms with Crippen molar-refractivity contribution in [2.75, 3.05) is 5.88 Å². The highest BCUT2D eigenvalue weighted by Gasteiger charge is 2.53. The van der Waals surface area contributed by atoms with E-state index in [1.807, 2.05) is 27.7 Å². The van der Waals surface area contributed by atoms with Crippen molar-refractivity contribution < 1.29 is 9.31 Å². The Morgan fingerprint density at radius 1 is 1.20 bits per heavy atom. The molecule has 2 nitrogen and oxygen atoms in total. The predicted molar refractivity (Wildman–Crippen MR) is 65.6 cm³/mol. The van der Waals surface area contributed by atoms with Gasteiger partial charge in [-0.2, -0.15) is 0 Å². The normalized spacial score (nSPS) is 26.1. The van der Waals surface area contributed by atoms with Crippen molar-refractivity contribution in [1.29, 1.82) is 0 Å². The molecule has 1 aliphatic rings. The fourth-order valence-electron chi connectivity index (χ4n) is 1.29. The lowest BCUT2D eigenvalue weighted by atomic mass is 9.84. The minimum Gasteiger partial charge on any atom is -0.402 e. The summed E-state index contributed by atoms with van der Waals surface area (Å²) in [5.41, 5.74) is -0.667. The van der Waals surface area contributed by atoms with Crippen LogP contribution in [0, 0.1) is 0 Å². The Hall–Kier alpha value is 0.305. The lowest BCUT2D eigenvalue weighted by Crippen LogP contribution is -2.41. The van der Waals surface area contributed by atoms with Crippen LogP contribution in [0.1, 0.15) is 27.7 Å². The molecule has 5 heteroatoms. The average molecular weight is 251 g/mol. The van der Waals surface area contributed by atoms with Crippen LogP contribution in [0.15, 0.2) is 12.2 Å². The van der Waals surface area contributed by atoms with Crippen molar-refractivity contribution in [2.24, 2.45) is 0 Å². The summed E-state index contributed by atoms with van der Waals surface area (Å²) in [6, 6.07) is 0. The van der Waals surface area contributed by atoms with Gasteiger partial charge in [0.15, 0.2) is 0 Å². The molecule has 1 aliphatic heterocycles. The number of alkyl halides is 2. The summed E-state index contributed by atoms with van der Waals surface area (Å²) in [6.07, 6.45) is 3.60. The molecular formula is C10H17BCl2O2. The van der Waals surface area contributed by atoms with E-state index in [2.05, 4.69) is 0 Å². The molecule has 0 amide bonds. The molecule has 0 bridgehead atoms. The van der Waals surface area contributed by atoms with Crippen LogP contribution in [-0.2, 0) is 9.31 Å². The quantitative estimate of drug-likeness (QED) is 0.436. The topological polar surface area (TPSA) is 18.5 Å². The maximum absolute atomic E-state index is 6.12. The van der Waals surface area contributed by atoms with Crippen LogP contribution < -0.4 is 0 Å². The molecule has 0 radical (unpaired) electrons. The third kappa shape index (κ3) is 2.91. The van der Waals surface area contributed by atoms with Gasteiger partial charge in [-0.05, 0) is 27.7 Å². The smallest absolute Gasteiger partial charge is 0.402 e. The first-order valence-electron chi connectivity index (χ1n) is 5.02. The SMILES string of the molecule is CC1(C)OB([C@H](Cl)C=CCCl)OC1(C)C. The first-order chi connectivity index (χ1) is 6.80. The molecule has 15 heavy (non-hydrogen) atoms. The van der Waals surface area contributed by atoms with Crippen molar-refractivity contribution in [3.8, 4) is 0 Å². The van der Waals surface area contributed by atoms with Gasteiger partial charge in [0.1, 0.15) is 0 Å². The second-order valence-electron chi connectivity index (χ2n) is 4.65. The molecule has 1 saturated heterocycles. The Morgan fingerprint density at radius 2 is 1.67 bits per heavy atom. The maximum atomic E-state index is 6.12. The highest BCUT2D eigenvalue weighted by atomic mass is 35.5. The average Bonchev–Trinajstić information content (AvgIpc) is 2.32. The highest BCUT2D eigenvalue weighted by molar-refractivity contribution is 6.61. The third-order valence-electron chi connectivity index (χ3n) is 2.94. The van der Waals surface area contributed by atoms with Crippen LogP contribution in [0.3, 0.4) is 0 Å². The lowest BCUT2D eigenvalue weighted by Gasteiger charge is -2.32. The summed E-state index contributed by atoms with van der Waals surface area (Å²) in [4.78, 5) is 0. The van der Waals surface area contributed by atoms with Crippen LogP contribution in [-0.4, -0.2) is 29.5 Å². The van der Waals surface area contributed by atoms with Gasteiger partial charge in [0.2, 0.25) is 0 Å². The Labute approximate surface area is 102 Å². The minimum absolute atomic E-state index is 0.301. The molecule has 86 valence electrons. The molecule has 0 spiro atoms. The summed E-state index contributed by atoms with van der Waals surface area (Å²) in [5.74, 6) is 0.447. The zero-order valence-electron chi connectivity index (χ0n) is 9.59. The molecule has 0 saturated carbocycles. The third-order valence-corrected chi connectivity index (χ3v) is 3.47. The monoisotopic (exact) mass is 250 g/mol. The van der Waals surface area contributed by atoms with Gasteiger partial charge >= 0.3 is 7.12 Å². The molecule has 0 N–H and O–H groups in total. The van der Waals surface area contributed by atoms with Gasteiger partial charge in [-0.1, -0.05) is 12.2 Å². The van der Waals surface area contributed by atoms with E-state index in [0.29, 0.717) is 5.88 Å². The van der Waals surface area contributed by atoms with Gasteiger partial charge in [0, 0.05) is 5.88 Å². The van der Waals surface area contributed by atoms with Gasteiger partial charge in [-0.25, -0.2) is 0 Å². The van der Waals surface area contributed by atoms with Crippen molar-refractivity contribution in [1.82, 2.24) is 0 Å². The Kier molecular flexibility index (Phi) is 4.16. The van der Waals surface area contributed by atoms with Gasteiger partial charge in [-0.15, -0.1) is 23.2 Å². The van der Waals surface area contributed by atoms with E-state index in [1.54, 1.807) is 12.2 Å². The van der Waals surface area contributed by atoms with Crippen LogP contribution in [0.2, 0.25) is 0 Å². The van der Waals surface area contributed by atoms with Crippen LogP contribution in [0.5, 0.6) is 0 Å². The van der Waals surface area contributed by atoms with E-state index in [0.717, 1.165) is 0 Å². The molecule has 1 atom stereocenters. The Balaban J connectivity index is 2.66. The highest BCUT2D eigenvalue weighted by Crippen LogP contribution is 2.38. The molecule has 1 heterocycles. The minimum atomic E-state index is -0.406. The Morgan fingerprint density at radius 3 is 2.07 bits per heavy atom. The lowest BCUT2D eigenvalue weighted by molar-refractivity contribution is 0.00578. The van der Waals surface area contributed by atoms with E-state index in [4.69, 9.17) is 32.5 Å². The van der Waals surface area contributed by atoms with E-state index in [-0.39, 0.29) is 16.5 Å². The zero-order valence-corrected chi connectivity index (χ0v) is 11.1. The van der Waals surface area contributed by atoms with E-state index < -0.39 is 7.12 Å². The van der Waals surface area contributed by atoms with Crippen LogP contribution in [0.4, 0.5) is 0 Å². The van der Waals surface area contributed by atoms with Crippen molar-refractivity contribution in [3.05, 3.63) is 12.2 Å². The molecule has 0 aromatic heterocycles. The molecule has 0 aromatic rings. The summed E-state index contributed by atoms with van der Waals surface area (Å²) < 4.78 is 11.5. The first-order valence-corrected chi connectivity index (χ1v) is 5.99. The van der Waals surface area contributed by atoms with Crippen molar-refractivity contribution in [2.45, 2.75) is 44.2 Å².